The number of para-hydroxylation sites is 3. The first-order valence-corrected chi connectivity index (χ1v) is 9.61. The maximum absolute atomic E-state index is 12.9. The number of carbonyl (C=O) groups excluding carboxylic acids is 2. The number of urea groups is 1. The number of methoxy groups -OCH3 is 1. The summed E-state index contributed by atoms with van der Waals surface area (Å²) in [4.78, 5) is 29.7. The van der Waals surface area contributed by atoms with E-state index in [9.17, 15) is 9.59 Å². The first kappa shape index (κ1) is 19.9. The Hall–Kier alpha value is -4.39. The van der Waals surface area contributed by atoms with Crippen LogP contribution in [0.2, 0.25) is 0 Å². The monoisotopic (exact) mass is 412 g/mol. The van der Waals surface area contributed by atoms with E-state index >= 15 is 0 Å². The van der Waals surface area contributed by atoms with E-state index < -0.39 is 11.9 Å². The topological polar surface area (TPSA) is 92.4 Å². The van der Waals surface area contributed by atoms with E-state index in [4.69, 9.17) is 4.74 Å². The summed E-state index contributed by atoms with van der Waals surface area (Å²) in [6.07, 6.45) is 0. The molecule has 1 aromatic heterocycles. The minimum atomic E-state index is -0.553. The Kier molecular flexibility index (Phi) is 5.75. The highest BCUT2D eigenvalue weighted by atomic mass is 16.5. The zero-order valence-corrected chi connectivity index (χ0v) is 16.8. The summed E-state index contributed by atoms with van der Waals surface area (Å²) in [6.45, 7) is 0. The lowest BCUT2D eigenvalue weighted by Crippen LogP contribution is -2.44. The van der Waals surface area contributed by atoms with Gasteiger partial charge >= 0.3 is 6.03 Å². The van der Waals surface area contributed by atoms with Crippen molar-refractivity contribution in [1.29, 1.82) is 0 Å². The van der Waals surface area contributed by atoms with Crippen molar-refractivity contribution in [2.45, 2.75) is 0 Å². The smallest absolute Gasteiger partial charge is 0.337 e. The molecule has 3 amide bonds. The number of aromatic nitrogens is 1. The fourth-order valence-electron chi connectivity index (χ4n) is 3.22. The fourth-order valence-corrected chi connectivity index (χ4v) is 3.22. The largest absolute Gasteiger partial charge is 0.496 e. The highest BCUT2D eigenvalue weighted by Crippen LogP contribution is 2.31. The van der Waals surface area contributed by atoms with Crippen LogP contribution in [0.1, 0.15) is 10.4 Å². The van der Waals surface area contributed by atoms with Gasteiger partial charge in [0, 0.05) is 16.6 Å². The van der Waals surface area contributed by atoms with Gasteiger partial charge in [-0.15, -0.1) is 0 Å². The average Bonchev–Trinajstić information content (AvgIpc) is 2.82. The number of carbonyl (C=O) groups is 2. The molecule has 3 aromatic carbocycles. The van der Waals surface area contributed by atoms with Gasteiger partial charge in [0.25, 0.3) is 5.91 Å². The Morgan fingerprint density at radius 2 is 1.55 bits per heavy atom. The predicted molar refractivity (Wildman–Crippen MR) is 120 cm³/mol. The van der Waals surface area contributed by atoms with Crippen LogP contribution in [0.4, 0.5) is 10.5 Å². The molecule has 154 valence electrons. The molecule has 1 heterocycles. The quantitative estimate of drug-likeness (QED) is 0.434. The number of rotatable bonds is 4. The van der Waals surface area contributed by atoms with Crippen LogP contribution >= 0.6 is 0 Å². The summed E-state index contributed by atoms with van der Waals surface area (Å²) < 4.78 is 5.44. The third-order valence-corrected chi connectivity index (χ3v) is 4.66. The van der Waals surface area contributed by atoms with Crippen LogP contribution in [-0.2, 0) is 0 Å². The molecule has 7 heteroatoms. The molecule has 31 heavy (non-hydrogen) atoms. The van der Waals surface area contributed by atoms with Crippen molar-refractivity contribution in [1.82, 2.24) is 15.8 Å². The molecule has 0 fully saturated rings. The van der Waals surface area contributed by atoms with Gasteiger partial charge in [-0.2, -0.15) is 0 Å². The molecule has 3 N–H and O–H groups in total. The third-order valence-electron chi connectivity index (χ3n) is 4.66. The van der Waals surface area contributed by atoms with Crippen LogP contribution in [-0.4, -0.2) is 24.0 Å². The molecular weight excluding hydrogens is 392 g/mol. The number of nitrogens with zero attached hydrogens (tertiary/aromatic N) is 1. The normalized spacial score (nSPS) is 10.4. The van der Waals surface area contributed by atoms with E-state index in [1.807, 2.05) is 54.6 Å². The molecular formula is C24H20N4O3. The second kappa shape index (κ2) is 8.96. The van der Waals surface area contributed by atoms with Crippen LogP contribution in [0.3, 0.4) is 0 Å². The number of hydrogen-bond donors (Lipinski definition) is 3. The lowest BCUT2D eigenvalue weighted by Gasteiger charge is -2.13. The van der Waals surface area contributed by atoms with Gasteiger partial charge in [0.1, 0.15) is 5.75 Å². The third kappa shape index (κ3) is 4.45. The summed E-state index contributed by atoms with van der Waals surface area (Å²) in [5.74, 6) is 0.190. The van der Waals surface area contributed by atoms with Crippen molar-refractivity contribution in [3.8, 4) is 17.0 Å². The molecule has 0 aliphatic heterocycles. The van der Waals surface area contributed by atoms with E-state index in [2.05, 4.69) is 21.2 Å². The summed E-state index contributed by atoms with van der Waals surface area (Å²) in [6, 6.07) is 24.9. The Labute approximate surface area is 179 Å². The van der Waals surface area contributed by atoms with Crippen LogP contribution in [0.25, 0.3) is 22.2 Å². The van der Waals surface area contributed by atoms with E-state index in [1.165, 1.54) is 0 Å². The number of nitrogens with one attached hydrogen (secondary N) is 3. The zero-order chi connectivity index (χ0) is 21.6. The lowest BCUT2D eigenvalue weighted by molar-refractivity contribution is 0.0939. The highest BCUT2D eigenvalue weighted by Gasteiger charge is 2.16. The Bertz CT molecular complexity index is 1240. The molecule has 4 aromatic rings. The van der Waals surface area contributed by atoms with Gasteiger partial charge in [-0.05, 0) is 36.4 Å². The minimum Gasteiger partial charge on any atom is -0.496 e. The van der Waals surface area contributed by atoms with E-state index in [0.717, 1.165) is 5.56 Å². The molecule has 0 radical (unpaired) electrons. The standard InChI is InChI=1S/C24H20N4O3/c1-31-22-14-8-6-12-18(22)21-15-19(17-11-5-7-13-20(17)26-21)23(29)27-28-24(30)25-16-9-3-2-4-10-16/h2-15H,1H3,(H,27,29)(H2,25,28,30). The Morgan fingerprint density at radius 1 is 0.839 bits per heavy atom. The van der Waals surface area contributed by atoms with Crippen LogP contribution in [0.5, 0.6) is 5.75 Å². The maximum atomic E-state index is 12.9. The second-order valence-corrected chi connectivity index (χ2v) is 6.67. The first-order chi connectivity index (χ1) is 15.2. The number of amides is 3. The molecule has 0 aliphatic rings. The highest BCUT2D eigenvalue weighted by molar-refractivity contribution is 6.08. The lowest BCUT2D eigenvalue weighted by atomic mass is 10.0. The number of benzene rings is 3. The van der Waals surface area contributed by atoms with E-state index in [1.54, 1.807) is 37.4 Å². The van der Waals surface area contributed by atoms with Gasteiger partial charge in [-0.3, -0.25) is 10.2 Å². The minimum absolute atomic E-state index is 0.381. The van der Waals surface area contributed by atoms with Crippen LogP contribution in [0, 0.1) is 0 Å². The molecule has 4 rings (SSSR count). The van der Waals surface area contributed by atoms with Crippen molar-refractivity contribution in [3.63, 3.8) is 0 Å². The van der Waals surface area contributed by atoms with Crippen molar-refractivity contribution < 1.29 is 14.3 Å². The van der Waals surface area contributed by atoms with E-state index in [0.29, 0.717) is 33.6 Å². The summed E-state index contributed by atoms with van der Waals surface area (Å²) in [7, 11) is 1.59. The predicted octanol–water partition coefficient (Wildman–Crippen LogP) is 4.38. The molecule has 0 atom stereocenters. The molecule has 0 bridgehead atoms. The molecule has 0 spiro atoms. The molecule has 7 nitrogen and oxygen atoms in total. The summed E-state index contributed by atoms with van der Waals surface area (Å²) in [5.41, 5.74) is 7.85. The van der Waals surface area contributed by atoms with Gasteiger partial charge < -0.3 is 10.1 Å². The van der Waals surface area contributed by atoms with Gasteiger partial charge in [0.2, 0.25) is 0 Å². The van der Waals surface area contributed by atoms with Gasteiger partial charge in [-0.25, -0.2) is 15.2 Å². The zero-order valence-electron chi connectivity index (χ0n) is 16.8. The van der Waals surface area contributed by atoms with Gasteiger partial charge in [-0.1, -0.05) is 48.5 Å². The molecule has 0 saturated carbocycles. The van der Waals surface area contributed by atoms with Crippen molar-refractivity contribution >= 4 is 28.5 Å². The molecule has 0 aliphatic carbocycles. The summed E-state index contributed by atoms with van der Waals surface area (Å²) in [5, 5.41) is 3.31. The molecule has 0 saturated heterocycles. The number of ether oxygens (including phenoxy) is 1. The second-order valence-electron chi connectivity index (χ2n) is 6.67. The first-order valence-electron chi connectivity index (χ1n) is 9.61. The fraction of sp³-hybridized carbons (Fsp3) is 0.0417. The molecule has 0 unspecified atom stereocenters. The number of hydrogen-bond acceptors (Lipinski definition) is 4. The van der Waals surface area contributed by atoms with Crippen LogP contribution in [0.15, 0.2) is 84.9 Å². The Morgan fingerprint density at radius 3 is 2.35 bits per heavy atom. The number of pyridine rings is 1. The number of hydrazine groups is 1. The summed E-state index contributed by atoms with van der Waals surface area (Å²) >= 11 is 0. The van der Waals surface area contributed by atoms with Gasteiger partial charge in [0.05, 0.1) is 23.9 Å². The maximum Gasteiger partial charge on any atom is 0.337 e. The van der Waals surface area contributed by atoms with Gasteiger partial charge in [0.15, 0.2) is 0 Å². The SMILES string of the molecule is COc1ccccc1-c1cc(C(=O)NNC(=O)Nc2ccccc2)c2ccccc2n1. The van der Waals surface area contributed by atoms with Crippen molar-refractivity contribution in [2.24, 2.45) is 0 Å². The average molecular weight is 412 g/mol. The van der Waals surface area contributed by atoms with E-state index in [-0.39, 0.29) is 0 Å². The van der Waals surface area contributed by atoms with Crippen molar-refractivity contribution in [3.05, 3.63) is 90.5 Å². The number of fused-ring (bicyclic) bond motifs is 1. The van der Waals surface area contributed by atoms with Crippen molar-refractivity contribution in [2.75, 3.05) is 12.4 Å². The number of anilines is 1. The Balaban J connectivity index is 1.61. The van der Waals surface area contributed by atoms with Crippen LogP contribution < -0.4 is 20.9 Å².